The summed E-state index contributed by atoms with van der Waals surface area (Å²) < 4.78 is 0. The van der Waals surface area contributed by atoms with Gasteiger partial charge in [0.1, 0.15) is 0 Å². The van der Waals surface area contributed by atoms with E-state index < -0.39 is 0 Å². The second-order valence-electron chi connectivity index (χ2n) is 5.53. The molecule has 1 aromatic rings. The van der Waals surface area contributed by atoms with Crippen molar-refractivity contribution in [1.29, 1.82) is 0 Å². The third-order valence-electron chi connectivity index (χ3n) is 2.67. The third kappa shape index (κ3) is 3.46. The van der Waals surface area contributed by atoms with Crippen molar-refractivity contribution in [3.8, 4) is 0 Å². The maximum Gasteiger partial charge on any atom is 0.0273 e. The van der Waals surface area contributed by atoms with Crippen LogP contribution in [0.15, 0.2) is 17.7 Å². The molecule has 90 valence electrons. The van der Waals surface area contributed by atoms with E-state index in [4.69, 9.17) is 5.73 Å². The lowest BCUT2D eigenvalue weighted by Crippen LogP contribution is -2.08. The fourth-order valence-corrected chi connectivity index (χ4v) is 2.52. The molecule has 16 heavy (non-hydrogen) atoms. The number of hydrogen-bond donors (Lipinski definition) is 1. The Bertz CT molecular complexity index is 366. The summed E-state index contributed by atoms with van der Waals surface area (Å²) in [5.41, 5.74) is 7.32. The first-order valence-corrected chi connectivity index (χ1v) is 6.67. The molecule has 1 heterocycles. The van der Waals surface area contributed by atoms with Gasteiger partial charge in [-0.25, -0.2) is 0 Å². The van der Waals surface area contributed by atoms with Crippen LogP contribution in [-0.4, -0.2) is 6.54 Å². The molecule has 2 heteroatoms. The van der Waals surface area contributed by atoms with Crippen molar-refractivity contribution < 1.29 is 0 Å². The Hall–Kier alpha value is -0.600. The molecular weight excluding hydrogens is 214 g/mol. The van der Waals surface area contributed by atoms with Crippen LogP contribution >= 0.6 is 11.3 Å². The quantitative estimate of drug-likeness (QED) is 0.843. The van der Waals surface area contributed by atoms with Gasteiger partial charge in [0.2, 0.25) is 0 Å². The second-order valence-corrected chi connectivity index (χ2v) is 6.65. The van der Waals surface area contributed by atoms with Crippen molar-refractivity contribution in [2.45, 2.75) is 40.0 Å². The number of thiophene rings is 1. The molecular formula is C14H23NS. The number of rotatable bonds is 3. The van der Waals surface area contributed by atoms with E-state index in [0.717, 1.165) is 0 Å². The predicted octanol–water partition coefficient (Wildman–Crippen LogP) is 4.04. The molecule has 1 aromatic heterocycles. The van der Waals surface area contributed by atoms with E-state index in [0.29, 0.717) is 12.5 Å². The largest absolute Gasteiger partial charge is 0.327 e. The highest BCUT2D eigenvalue weighted by Crippen LogP contribution is 2.30. The van der Waals surface area contributed by atoms with Gasteiger partial charge in [0.15, 0.2) is 0 Å². The molecule has 2 N–H and O–H groups in total. The van der Waals surface area contributed by atoms with E-state index >= 15 is 0 Å². The van der Waals surface area contributed by atoms with Crippen molar-refractivity contribution in [3.05, 3.63) is 27.5 Å². The summed E-state index contributed by atoms with van der Waals surface area (Å²) in [7, 11) is 0. The van der Waals surface area contributed by atoms with Crippen LogP contribution < -0.4 is 5.73 Å². The Morgan fingerprint density at radius 1 is 1.38 bits per heavy atom. The van der Waals surface area contributed by atoms with E-state index in [-0.39, 0.29) is 5.41 Å². The molecule has 0 amide bonds. The van der Waals surface area contributed by atoms with Gasteiger partial charge in [-0.2, -0.15) is 0 Å². The van der Waals surface area contributed by atoms with E-state index in [1.54, 1.807) is 0 Å². The average Bonchev–Trinajstić information content (AvgIpc) is 2.61. The van der Waals surface area contributed by atoms with Crippen molar-refractivity contribution >= 4 is 17.4 Å². The van der Waals surface area contributed by atoms with Gasteiger partial charge in [-0.3, -0.25) is 0 Å². The van der Waals surface area contributed by atoms with E-state index in [9.17, 15) is 0 Å². The molecule has 0 unspecified atom stereocenters. The maximum atomic E-state index is 5.75. The van der Waals surface area contributed by atoms with Crippen LogP contribution in [0.4, 0.5) is 0 Å². The first-order chi connectivity index (χ1) is 7.34. The van der Waals surface area contributed by atoms with Gasteiger partial charge in [-0.15, -0.1) is 11.3 Å². The third-order valence-corrected chi connectivity index (χ3v) is 4.13. The van der Waals surface area contributed by atoms with Crippen molar-refractivity contribution in [2.75, 3.05) is 6.54 Å². The van der Waals surface area contributed by atoms with Crippen LogP contribution in [0, 0.1) is 5.92 Å². The lowest BCUT2D eigenvalue weighted by atomic mass is 9.95. The number of nitrogens with two attached hydrogens (primary N) is 1. The van der Waals surface area contributed by atoms with Crippen LogP contribution in [-0.2, 0) is 5.41 Å². The van der Waals surface area contributed by atoms with Gasteiger partial charge >= 0.3 is 0 Å². The Morgan fingerprint density at radius 3 is 2.38 bits per heavy atom. The topological polar surface area (TPSA) is 26.0 Å². The Labute approximate surface area is 103 Å². The standard InChI is InChI=1S/C14H23NS/c1-10(2)11(9-15)8-12-6-7-13(16-12)14(3,4)5/h6-8,10H,9,15H2,1-5H3/b11-8+. The van der Waals surface area contributed by atoms with Gasteiger partial charge in [-0.1, -0.05) is 40.2 Å². The van der Waals surface area contributed by atoms with Crippen LogP contribution in [0.3, 0.4) is 0 Å². The summed E-state index contributed by atoms with van der Waals surface area (Å²) in [6.07, 6.45) is 2.24. The zero-order chi connectivity index (χ0) is 12.3. The van der Waals surface area contributed by atoms with Gasteiger partial charge in [0, 0.05) is 16.3 Å². The minimum Gasteiger partial charge on any atom is -0.327 e. The molecule has 0 atom stereocenters. The first kappa shape index (κ1) is 13.5. The number of hydrogen-bond acceptors (Lipinski definition) is 2. The monoisotopic (exact) mass is 237 g/mol. The molecule has 0 spiro atoms. The highest BCUT2D eigenvalue weighted by atomic mass is 32.1. The van der Waals surface area contributed by atoms with E-state index in [1.807, 2.05) is 11.3 Å². The molecule has 1 nitrogen and oxygen atoms in total. The Morgan fingerprint density at radius 2 is 2.00 bits per heavy atom. The zero-order valence-corrected chi connectivity index (χ0v) is 11.8. The summed E-state index contributed by atoms with van der Waals surface area (Å²) in [5, 5.41) is 0. The van der Waals surface area contributed by atoms with Crippen LogP contribution in [0.2, 0.25) is 0 Å². The molecule has 0 saturated heterocycles. The normalized spacial score (nSPS) is 13.6. The minimum atomic E-state index is 0.247. The van der Waals surface area contributed by atoms with Gasteiger partial charge < -0.3 is 5.73 Å². The SMILES string of the molecule is CC(C)/C(=C/c1ccc(C(C)(C)C)s1)CN. The molecule has 0 fully saturated rings. The molecule has 0 aliphatic heterocycles. The summed E-state index contributed by atoms with van der Waals surface area (Å²) in [5.74, 6) is 0.533. The lowest BCUT2D eigenvalue weighted by Gasteiger charge is -2.15. The van der Waals surface area contributed by atoms with Crippen LogP contribution in [0.1, 0.15) is 44.4 Å². The minimum absolute atomic E-state index is 0.247. The molecule has 1 rings (SSSR count). The molecule has 0 aliphatic carbocycles. The smallest absolute Gasteiger partial charge is 0.0273 e. The van der Waals surface area contributed by atoms with Crippen molar-refractivity contribution in [2.24, 2.45) is 11.7 Å². The first-order valence-electron chi connectivity index (χ1n) is 5.85. The van der Waals surface area contributed by atoms with Crippen LogP contribution in [0.25, 0.3) is 6.08 Å². The zero-order valence-electron chi connectivity index (χ0n) is 11.0. The van der Waals surface area contributed by atoms with Gasteiger partial charge in [-0.05, 0) is 29.5 Å². The molecule has 0 aliphatic rings. The second kappa shape index (κ2) is 5.15. The molecule has 0 bridgehead atoms. The fraction of sp³-hybridized carbons (Fsp3) is 0.571. The summed E-state index contributed by atoms with van der Waals surface area (Å²) >= 11 is 1.87. The van der Waals surface area contributed by atoms with E-state index in [1.165, 1.54) is 15.3 Å². The van der Waals surface area contributed by atoms with Gasteiger partial charge in [0.05, 0.1) is 0 Å². The Balaban J connectivity index is 2.95. The summed E-state index contributed by atoms with van der Waals surface area (Å²) in [6.45, 7) is 11.8. The van der Waals surface area contributed by atoms with Crippen LogP contribution in [0.5, 0.6) is 0 Å². The average molecular weight is 237 g/mol. The summed E-state index contributed by atoms with van der Waals surface area (Å²) in [6, 6.07) is 4.42. The Kier molecular flexibility index (Phi) is 4.34. The molecule has 0 aromatic carbocycles. The predicted molar refractivity (Wildman–Crippen MR) is 74.9 cm³/mol. The van der Waals surface area contributed by atoms with Crippen molar-refractivity contribution in [3.63, 3.8) is 0 Å². The lowest BCUT2D eigenvalue weighted by molar-refractivity contribution is 0.604. The molecule has 0 radical (unpaired) electrons. The highest BCUT2D eigenvalue weighted by molar-refractivity contribution is 7.13. The van der Waals surface area contributed by atoms with Crippen molar-refractivity contribution in [1.82, 2.24) is 0 Å². The fourth-order valence-electron chi connectivity index (χ4n) is 1.48. The highest BCUT2D eigenvalue weighted by Gasteiger charge is 2.15. The van der Waals surface area contributed by atoms with Gasteiger partial charge in [0.25, 0.3) is 0 Å². The van der Waals surface area contributed by atoms with E-state index in [2.05, 4.69) is 52.8 Å². The summed E-state index contributed by atoms with van der Waals surface area (Å²) in [4.78, 5) is 2.75. The maximum absolute atomic E-state index is 5.75. The molecule has 0 saturated carbocycles.